The number of rotatable bonds is 9. The van der Waals surface area contributed by atoms with Gasteiger partial charge in [0.2, 0.25) is 0 Å². The minimum atomic E-state index is 0.0211. The van der Waals surface area contributed by atoms with Gasteiger partial charge in [-0.3, -0.25) is 0 Å². The molecule has 1 unspecified atom stereocenters. The SMILES string of the molecule is CCNCC(COC)Oc1cccc(COC)c1. The highest BCUT2D eigenvalue weighted by Crippen LogP contribution is 2.15. The maximum atomic E-state index is 5.90. The van der Waals surface area contributed by atoms with Crippen LogP contribution < -0.4 is 10.1 Å². The molecule has 0 heterocycles. The Kier molecular flexibility index (Phi) is 7.41. The first kappa shape index (κ1) is 15.0. The van der Waals surface area contributed by atoms with Gasteiger partial charge in [-0.1, -0.05) is 19.1 Å². The van der Waals surface area contributed by atoms with Crippen molar-refractivity contribution in [3.63, 3.8) is 0 Å². The first-order chi connectivity index (χ1) is 8.80. The number of hydrogen-bond donors (Lipinski definition) is 1. The van der Waals surface area contributed by atoms with Crippen molar-refractivity contribution < 1.29 is 14.2 Å². The lowest BCUT2D eigenvalue weighted by Gasteiger charge is -2.19. The molecule has 1 N–H and O–H groups in total. The zero-order chi connectivity index (χ0) is 13.2. The van der Waals surface area contributed by atoms with Gasteiger partial charge in [0, 0.05) is 20.8 Å². The van der Waals surface area contributed by atoms with Crippen LogP contribution in [0.3, 0.4) is 0 Å². The largest absolute Gasteiger partial charge is 0.487 e. The molecule has 0 spiro atoms. The van der Waals surface area contributed by atoms with E-state index in [9.17, 15) is 0 Å². The number of likely N-dealkylation sites (N-methyl/N-ethyl adjacent to an activating group) is 1. The maximum Gasteiger partial charge on any atom is 0.134 e. The average Bonchev–Trinajstić information content (AvgIpc) is 2.37. The van der Waals surface area contributed by atoms with E-state index in [1.807, 2.05) is 24.3 Å². The Bertz CT molecular complexity index is 331. The highest BCUT2D eigenvalue weighted by atomic mass is 16.5. The monoisotopic (exact) mass is 253 g/mol. The number of nitrogens with one attached hydrogen (secondary N) is 1. The molecular weight excluding hydrogens is 230 g/mol. The van der Waals surface area contributed by atoms with Gasteiger partial charge >= 0.3 is 0 Å². The fourth-order valence-corrected chi connectivity index (χ4v) is 1.69. The number of hydrogen-bond acceptors (Lipinski definition) is 4. The summed E-state index contributed by atoms with van der Waals surface area (Å²) < 4.78 is 16.2. The van der Waals surface area contributed by atoms with E-state index in [0.29, 0.717) is 13.2 Å². The zero-order valence-corrected chi connectivity index (χ0v) is 11.4. The Labute approximate surface area is 109 Å². The summed E-state index contributed by atoms with van der Waals surface area (Å²) in [7, 11) is 3.37. The summed E-state index contributed by atoms with van der Waals surface area (Å²) in [4.78, 5) is 0. The number of ether oxygens (including phenoxy) is 3. The van der Waals surface area contributed by atoms with Gasteiger partial charge in [-0.2, -0.15) is 0 Å². The standard InChI is InChI=1S/C14H23NO3/c1-4-15-9-14(11-17-3)18-13-7-5-6-12(8-13)10-16-2/h5-8,14-15H,4,9-11H2,1-3H3. The molecule has 102 valence electrons. The average molecular weight is 253 g/mol. The second-order valence-electron chi connectivity index (χ2n) is 4.08. The summed E-state index contributed by atoms with van der Waals surface area (Å²) in [6.45, 7) is 4.94. The van der Waals surface area contributed by atoms with Crippen LogP contribution in [0.25, 0.3) is 0 Å². The van der Waals surface area contributed by atoms with E-state index in [1.165, 1.54) is 0 Å². The molecule has 4 heteroatoms. The highest BCUT2D eigenvalue weighted by Gasteiger charge is 2.09. The van der Waals surface area contributed by atoms with E-state index < -0.39 is 0 Å². The third kappa shape index (κ3) is 5.49. The van der Waals surface area contributed by atoms with Crippen LogP contribution in [0.4, 0.5) is 0 Å². The Morgan fingerprint density at radius 3 is 2.72 bits per heavy atom. The molecule has 0 aromatic heterocycles. The lowest BCUT2D eigenvalue weighted by Crippen LogP contribution is -2.34. The smallest absolute Gasteiger partial charge is 0.134 e. The van der Waals surface area contributed by atoms with Crippen LogP contribution in [0.2, 0.25) is 0 Å². The van der Waals surface area contributed by atoms with Gasteiger partial charge in [-0.15, -0.1) is 0 Å². The van der Waals surface area contributed by atoms with Crippen molar-refractivity contribution in [3.05, 3.63) is 29.8 Å². The number of methoxy groups -OCH3 is 2. The normalized spacial score (nSPS) is 12.4. The molecule has 0 amide bonds. The molecule has 0 aliphatic rings. The van der Waals surface area contributed by atoms with Crippen LogP contribution in [0.1, 0.15) is 12.5 Å². The van der Waals surface area contributed by atoms with Crippen LogP contribution >= 0.6 is 0 Å². The first-order valence-electron chi connectivity index (χ1n) is 6.24. The summed E-state index contributed by atoms with van der Waals surface area (Å²) in [6, 6.07) is 7.94. The second-order valence-corrected chi connectivity index (χ2v) is 4.08. The Balaban J connectivity index is 2.58. The quantitative estimate of drug-likeness (QED) is 0.729. The molecule has 1 aromatic rings. The Morgan fingerprint density at radius 2 is 2.06 bits per heavy atom. The molecule has 0 saturated carbocycles. The predicted molar refractivity (Wildman–Crippen MR) is 72.0 cm³/mol. The molecule has 1 aromatic carbocycles. The molecule has 0 fully saturated rings. The van der Waals surface area contributed by atoms with Crippen LogP contribution in [-0.4, -0.2) is 40.0 Å². The molecule has 4 nitrogen and oxygen atoms in total. The van der Waals surface area contributed by atoms with Gasteiger partial charge in [0.1, 0.15) is 11.9 Å². The molecular formula is C14H23NO3. The molecule has 1 rings (SSSR count). The third-order valence-electron chi connectivity index (χ3n) is 2.49. The van der Waals surface area contributed by atoms with E-state index in [4.69, 9.17) is 14.2 Å². The first-order valence-corrected chi connectivity index (χ1v) is 6.24. The maximum absolute atomic E-state index is 5.90. The van der Waals surface area contributed by atoms with E-state index in [0.717, 1.165) is 24.4 Å². The van der Waals surface area contributed by atoms with Gasteiger partial charge in [0.15, 0.2) is 0 Å². The lowest BCUT2D eigenvalue weighted by atomic mass is 10.2. The van der Waals surface area contributed by atoms with Crippen molar-refractivity contribution in [2.24, 2.45) is 0 Å². The molecule has 18 heavy (non-hydrogen) atoms. The second kappa shape index (κ2) is 8.91. The van der Waals surface area contributed by atoms with Crippen LogP contribution in [0.5, 0.6) is 5.75 Å². The minimum Gasteiger partial charge on any atom is -0.487 e. The van der Waals surface area contributed by atoms with Crippen LogP contribution in [0, 0.1) is 0 Å². The van der Waals surface area contributed by atoms with Crippen molar-refractivity contribution in [1.29, 1.82) is 0 Å². The third-order valence-corrected chi connectivity index (χ3v) is 2.49. The summed E-state index contributed by atoms with van der Waals surface area (Å²) >= 11 is 0. The molecule has 1 atom stereocenters. The molecule has 0 radical (unpaired) electrons. The van der Waals surface area contributed by atoms with Gasteiger partial charge < -0.3 is 19.5 Å². The summed E-state index contributed by atoms with van der Waals surface area (Å²) in [5.74, 6) is 0.851. The van der Waals surface area contributed by atoms with E-state index in [-0.39, 0.29) is 6.10 Å². The minimum absolute atomic E-state index is 0.0211. The van der Waals surface area contributed by atoms with Gasteiger partial charge in [-0.05, 0) is 24.2 Å². The highest BCUT2D eigenvalue weighted by molar-refractivity contribution is 5.28. The van der Waals surface area contributed by atoms with Crippen LogP contribution in [-0.2, 0) is 16.1 Å². The summed E-state index contributed by atoms with van der Waals surface area (Å²) in [5.41, 5.74) is 1.11. The van der Waals surface area contributed by atoms with Gasteiger partial charge in [0.05, 0.1) is 13.2 Å². The molecule has 0 aliphatic heterocycles. The van der Waals surface area contributed by atoms with Gasteiger partial charge in [-0.25, -0.2) is 0 Å². The van der Waals surface area contributed by atoms with Crippen molar-refractivity contribution in [1.82, 2.24) is 5.32 Å². The predicted octanol–water partition coefficient (Wildman–Crippen LogP) is 1.84. The van der Waals surface area contributed by atoms with Crippen molar-refractivity contribution in [3.8, 4) is 5.75 Å². The lowest BCUT2D eigenvalue weighted by molar-refractivity contribution is 0.0807. The fourth-order valence-electron chi connectivity index (χ4n) is 1.69. The van der Waals surface area contributed by atoms with Crippen molar-refractivity contribution in [2.75, 3.05) is 33.9 Å². The summed E-state index contributed by atoms with van der Waals surface area (Å²) in [6.07, 6.45) is 0.0211. The summed E-state index contributed by atoms with van der Waals surface area (Å²) in [5, 5.41) is 3.26. The van der Waals surface area contributed by atoms with E-state index >= 15 is 0 Å². The van der Waals surface area contributed by atoms with Crippen molar-refractivity contribution in [2.45, 2.75) is 19.6 Å². The zero-order valence-electron chi connectivity index (χ0n) is 11.4. The van der Waals surface area contributed by atoms with E-state index in [2.05, 4.69) is 12.2 Å². The van der Waals surface area contributed by atoms with Crippen LogP contribution in [0.15, 0.2) is 24.3 Å². The Morgan fingerprint density at radius 1 is 1.22 bits per heavy atom. The molecule has 0 aliphatic carbocycles. The van der Waals surface area contributed by atoms with Gasteiger partial charge in [0.25, 0.3) is 0 Å². The topological polar surface area (TPSA) is 39.7 Å². The van der Waals surface area contributed by atoms with Crippen molar-refractivity contribution >= 4 is 0 Å². The Hall–Kier alpha value is -1.10. The fraction of sp³-hybridized carbons (Fsp3) is 0.571. The van der Waals surface area contributed by atoms with E-state index in [1.54, 1.807) is 14.2 Å². The molecule has 0 saturated heterocycles. The molecule has 0 bridgehead atoms. The number of benzene rings is 1.